The van der Waals surface area contributed by atoms with E-state index in [4.69, 9.17) is 11.6 Å². The lowest BCUT2D eigenvalue weighted by molar-refractivity contribution is -0.136. The zero-order valence-electron chi connectivity index (χ0n) is 19.7. The van der Waals surface area contributed by atoms with E-state index in [0.717, 1.165) is 30.0 Å². The van der Waals surface area contributed by atoms with Gasteiger partial charge in [0.2, 0.25) is 11.8 Å². The minimum absolute atomic E-state index is 0.0706. The smallest absolute Gasteiger partial charge is 0.264 e. The number of rotatable bonds is 5. The Kier molecular flexibility index (Phi) is 8.08. The number of hydrogen-bond acceptors (Lipinski definition) is 5. The van der Waals surface area contributed by atoms with Gasteiger partial charge in [-0.25, -0.2) is 8.42 Å². The average Bonchev–Trinajstić information content (AvgIpc) is 2.71. The van der Waals surface area contributed by atoms with Crippen molar-refractivity contribution in [3.63, 3.8) is 0 Å². The number of hydrogen-bond donors (Lipinski definition) is 1. The van der Waals surface area contributed by atoms with E-state index in [1.54, 1.807) is 24.8 Å². The maximum atomic E-state index is 13.5. The molecule has 1 saturated heterocycles. The average molecular weight is 497 g/mol. The van der Waals surface area contributed by atoms with E-state index in [1.807, 2.05) is 14.1 Å². The molecule has 2 amide bonds. The molecule has 33 heavy (non-hydrogen) atoms. The van der Waals surface area contributed by atoms with Gasteiger partial charge >= 0.3 is 0 Å². The molecule has 2 heterocycles. The molecule has 0 aromatic heterocycles. The summed E-state index contributed by atoms with van der Waals surface area (Å²) < 4.78 is 28.1. The number of nitrogens with zero attached hydrogens (tertiary/aromatic N) is 3. The maximum Gasteiger partial charge on any atom is 0.264 e. The summed E-state index contributed by atoms with van der Waals surface area (Å²) in [4.78, 5) is 29.9. The van der Waals surface area contributed by atoms with Crippen molar-refractivity contribution in [2.45, 2.75) is 62.9 Å². The zero-order chi connectivity index (χ0) is 24.3. The molecule has 1 N–H and O–H groups in total. The number of likely N-dealkylation sites (tertiary alicyclic amines) is 1. The van der Waals surface area contributed by atoms with Gasteiger partial charge in [0.1, 0.15) is 6.04 Å². The highest BCUT2D eigenvalue weighted by molar-refractivity contribution is 7.89. The minimum Gasteiger partial charge on any atom is -0.343 e. The highest BCUT2D eigenvalue weighted by Crippen LogP contribution is 2.29. The number of halogens is 1. The Hall–Kier alpha value is -2.10. The topological polar surface area (TPSA) is 90.0 Å². The third-order valence-electron chi connectivity index (χ3n) is 6.47. The summed E-state index contributed by atoms with van der Waals surface area (Å²) in [5.74, 6) is -0.731. The molecule has 10 heteroatoms. The van der Waals surface area contributed by atoms with E-state index < -0.39 is 22.0 Å². The zero-order valence-corrected chi connectivity index (χ0v) is 21.2. The molecule has 0 radical (unpaired) electrons. The maximum absolute atomic E-state index is 13.5. The van der Waals surface area contributed by atoms with Gasteiger partial charge in [-0.05, 0) is 70.5 Å². The van der Waals surface area contributed by atoms with Gasteiger partial charge in [0.25, 0.3) is 10.0 Å². The first-order chi connectivity index (χ1) is 15.5. The van der Waals surface area contributed by atoms with E-state index in [1.165, 1.54) is 18.5 Å². The van der Waals surface area contributed by atoms with Gasteiger partial charge in [-0.2, -0.15) is 0 Å². The fourth-order valence-electron chi connectivity index (χ4n) is 4.39. The molecule has 0 saturated carbocycles. The molecular weight excluding hydrogens is 464 g/mol. The summed E-state index contributed by atoms with van der Waals surface area (Å²) in [6.07, 6.45) is 6.24. The first-order valence-corrected chi connectivity index (χ1v) is 13.1. The SMILES string of the molecule is Cc1cc(S(=O)(=O)N2C=CNC(=O)[C@H]2CC(=O)N2CCCCC(N(C)C)CC2)c(C)cc1Cl. The van der Waals surface area contributed by atoms with Crippen molar-refractivity contribution >= 4 is 33.4 Å². The predicted octanol–water partition coefficient (Wildman–Crippen LogP) is 2.64. The van der Waals surface area contributed by atoms with Crippen LogP contribution in [0.25, 0.3) is 0 Å². The van der Waals surface area contributed by atoms with Crippen LogP contribution >= 0.6 is 11.6 Å². The Morgan fingerprint density at radius 1 is 1.15 bits per heavy atom. The lowest BCUT2D eigenvalue weighted by Crippen LogP contribution is -2.51. The van der Waals surface area contributed by atoms with Crippen LogP contribution in [0.4, 0.5) is 0 Å². The second-order valence-corrected chi connectivity index (χ2v) is 11.2. The van der Waals surface area contributed by atoms with Crippen molar-refractivity contribution in [2.75, 3.05) is 27.2 Å². The van der Waals surface area contributed by atoms with Crippen LogP contribution in [0.2, 0.25) is 5.02 Å². The Balaban J connectivity index is 1.84. The Bertz CT molecular complexity index is 1040. The number of sulfonamides is 1. The van der Waals surface area contributed by atoms with E-state index in [2.05, 4.69) is 10.2 Å². The molecule has 2 atom stereocenters. The van der Waals surface area contributed by atoms with Crippen LogP contribution in [0.5, 0.6) is 0 Å². The molecule has 182 valence electrons. The first kappa shape index (κ1) is 25.5. The fraction of sp³-hybridized carbons (Fsp3) is 0.565. The second-order valence-electron chi connectivity index (χ2n) is 9.03. The van der Waals surface area contributed by atoms with Gasteiger partial charge in [0, 0.05) is 36.6 Å². The van der Waals surface area contributed by atoms with Crippen LogP contribution in [0.1, 0.15) is 43.2 Å². The molecule has 8 nitrogen and oxygen atoms in total. The fourth-order valence-corrected chi connectivity index (χ4v) is 6.35. The van der Waals surface area contributed by atoms with Crippen LogP contribution < -0.4 is 5.32 Å². The molecule has 2 aliphatic rings. The quantitative estimate of drug-likeness (QED) is 0.676. The summed E-state index contributed by atoms with van der Waals surface area (Å²) in [7, 11) is 0.0102. The Morgan fingerprint density at radius 3 is 2.58 bits per heavy atom. The van der Waals surface area contributed by atoms with Crippen molar-refractivity contribution in [1.82, 2.24) is 19.4 Å². The largest absolute Gasteiger partial charge is 0.343 e. The van der Waals surface area contributed by atoms with Crippen molar-refractivity contribution in [2.24, 2.45) is 0 Å². The number of benzene rings is 1. The molecule has 0 aliphatic carbocycles. The van der Waals surface area contributed by atoms with Crippen LogP contribution in [-0.2, 0) is 19.6 Å². The molecular formula is C23H33ClN4O4S. The second kappa shape index (κ2) is 10.4. The van der Waals surface area contributed by atoms with Gasteiger partial charge in [0.05, 0.1) is 11.3 Å². The minimum atomic E-state index is -4.07. The van der Waals surface area contributed by atoms with Gasteiger partial charge in [0.15, 0.2) is 0 Å². The van der Waals surface area contributed by atoms with Gasteiger partial charge < -0.3 is 15.1 Å². The lowest BCUT2D eigenvalue weighted by atomic mass is 10.0. The van der Waals surface area contributed by atoms with Crippen molar-refractivity contribution in [1.29, 1.82) is 0 Å². The summed E-state index contributed by atoms with van der Waals surface area (Å²) in [6.45, 7) is 4.59. The summed E-state index contributed by atoms with van der Waals surface area (Å²) in [5, 5.41) is 3.02. The van der Waals surface area contributed by atoms with Crippen LogP contribution in [0, 0.1) is 13.8 Å². The summed E-state index contributed by atoms with van der Waals surface area (Å²) in [5.41, 5.74) is 1.10. The van der Waals surface area contributed by atoms with Gasteiger partial charge in [-0.3, -0.25) is 13.9 Å². The predicted molar refractivity (Wildman–Crippen MR) is 128 cm³/mol. The molecule has 2 aliphatic heterocycles. The number of amides is 2. The van der Waals surface area contributed by atoms with Crippen LogP contribution in [0.3, 0.4) is 0 Å². The first-order valence-electron chi connectivity index (χ1n) is 11.2. The molecule has 0 spiro atoms. The van der Waals surface area contributed by atoms with Crippen LogP contribution in [0.15, 0.2) is 29.4 Å². The third kappa shape index (κ3) is 5.70. The molecule has 1 unspecified atom stereocenters. The molecule has 1 aromatic carbocycles. The van der Waals surface area contributed by atoms with E-state index in [-0.39, 0.29) is 17.2 Å². The number of carbonyl (C=O) groups is 2. The highest BCUT2D eigenvalue weighted by atomic mass is 35.5. The van der Waals surface area contributed by atoms with Crippen molar-refractivity contribution < 1.29 is 18.0 Å². The Labute approximate surface area is 201 Å². The Morgan fingerprint density at radius 2 is 1.88 bits per heavy atom. The lowest BCUT2D eigenvalue weighted by Gasteiger charge is -2.35. The molecule has 1 fully saturated rings. The van der Waals surface area contributed by atoms with E-state index >= 15 is 0 Å². The number of carbonyl (C=O) groups excluding carboxylic acids is 2. The monoisotopic (exact) mass is 496 g/mol. The standard InChI is InChI=1S/C23H33ClN4O4S/c1-16-14-21(17(2)13-19(16)24)33(31,32)28-12-9-25-23(30)20(28)15-22(29)27-10-6-5-7-18(8-11-27)26(3)4/h9,12-14,18,20H,5-8,10-11,15H2,1-4H3,(H,25,30)/t18?,20-/m1/s1. The highest BCUT2D eigenvalue weighted by Gasteiger charge is 2.38. The summed E-state index contributed by atoms with van der Waals surface area (Å²) >= 11 is 6.14. The number of nitrogens with one attached hydrogen (secondary N) is 1. The van der Waals surface area contributed by atoms with Gasteiger partial charge in [-0.1, -0.05) is 18.0 Å². The van der Waals surface area contributed by atoms with Crippen molar-refractivity contribution in [3.8, 4) is 0 Å². The molecule has 0 bridgehead atoms. The summed E-state index contributed by atoms with van der Waals surface area (Å²) in [6, 6.07) is 2.35. The van der Waals surface area contributed by atoms with Crippen LogP contribution in [-0.4, -0.2) is 73.6 Å². The third-order valence-corrected chi connectivity index (χ3v) is 8.80. The van der Waals surface area contributed by atoms with E-state index in [9.17, 15) is 18.0 Å². The number of aryl methyl sites for hydroxylation is 2. The molecule has 1 aromatic rings. The molecule has 3 rings (SSSR count). The van der Waals surface area contributed by atoms with Gasteiger partial charge in [-0.15, -0.1) is 0 Å². The van der Waals surface area contributed by atoms with E-state index in [0.29, 0.717) is 35.3 Å². The normalized spacial score (nSPS) is 22.2. The van der Waals surface area contributed by atoms with Crippen molar-refractivity contribution in [3.05, 3.63) is 40.7 Å².